The largest absolute Gasteiger partial charge is 0.396 e. The fourth-order valence-electron chi connectivity index (χ4n) is 1.30. The molecule has 1 aromatic heterocycles. The second-order valence-corrected chi connectivity index (χ2v) is 4.06. The quantitative estimate of drug-likeness (QED) is 0.794. The lowest BCUT2D eigenvalue weighted by Crippen LogP contribution is -2.31. The summed E-state index contributed by atoms with van der Waals surface area (Å²) in [5.74, 6) is 0.116. The zero-order valence-electron chi connectivity index (χ0n) is 7.92. The van der Waals surface area contributed by atoms with Crippen molar-refractivity contribution < 1.29 is 9.59 Å². The standard InChI is InChI=1S/C8H10N4O2S/c9-6-3-10-11(4-6)1-2-12-7(13)5-15-8(12)14/h3-4H,1-2,5,9H2. The van der Waals surface area contributed by atoms with Crippen LogP contribution in [0.4, 0.5) is 10.5 Å². The van der Waals surface area contributed by atoms with Crippen LogP contribution in [0.5, 0.6) is 0 Å². The van der Waals surface area contributed by atoms with Crippen LogP contribution in [0.1, 0.15) is 0 Å². The first-order chi connectivity index (χ1) is 7.16. The molecular weight excluding hydrogens is 216 g/mol. The fourth-order valence-corrected chi connectivity index (χ4v) is 2.05. The smallest absolute Gasteiger partial charge is 0.288 e. The van der Waals surface area contributed by atoms with E-state index in [0.29, 0.717) is 18.8 Å². The predicted molar refractivity (Wildman–Crippen MR) is 56.2 cm³/mol. The Labute approximate surface area is 90.4 Å². The third kappa shape index (κ3) is 2.12. The van der Waals surface area contributed by atoms with Crippen molar-refractivity contribution in [1.82, 2.24) is 14.7 Å². The second kappa shape index (κ2) is 3.93. The number of hydrogen-bond acceptors (Lipinski definition) is 5. The number of amides is 2. The van der Waals surface area contributed by atoms with Crippen molar-refractivity contribution in [2.75, 3.05) is 18.0 Å². The molecule has 1 aliphatic heterocycles. The van der Waals surface area contributed by atoms with Crippen LogP contribution in [0.15, 0.2) is 12.4 Å². The molecule has 1 aliphatic rings. The number of nitrogens with two attached hydrogens (primary N) is 1. The number of imide groups is 1. The minimum atomic E-state index is -0.180. The molecule has 0 aromatic carbocycles. The lowest BCUT2D eigenvalue weighted by Gasteiger charge is -2.11. The molecule has 1 aromatic rings. The minimum Gasteiger partial charge on any atom is -0.396 e. The number of nitrogens with zero attached hydrogens (tertiary/aromatic N) is 3. The molecule has 80 valence electrons. The fraction of sp³-hybridized carbons (Fsp3) is 0.375. The third-order valence-corrected chi connectivity index (χ3v) is 2.91. The maximum atomic E-state index is 11.2. The van der Waals surface area contributed by atoms with E-state index in [1.807, 2.05) is 0 Å². The van der Waals surface area contributed by atoms with Crippen LogP contribution >= 0.6 is 11.8 Å². The number of hydrogen-bond donors (Lipinski definition) is 1. The Hall–Kier alpha value is -1.50. The molecule has 2 heterocycles. The Bertz CT molecular complexity index is 387. The Morgan fingerprint density at radius 2 is 2.27 bits per heavy atom. The lowest BCUT2D eigenvalue weighted by atomic mass is 10.5. The zero-order chi connectivity index (χ0) is 10.8. The monoisotopic (exact) mass is 226 g/mol. The van der Waals surface area contributed by atoms with Gasteiger partial charge in [0, 0.05) is 12.7 Å². The maximum Gasteiger partial charge on any atom is 0.288 e. The van der Waals surface area contributed by atoms with Gasteiger partial charge in [-0.3, -0.25) is 19.2 Å². The summed E-state index contributed by atoms with van der Waals surface area (Å²) >= 11 is 1.04. The van der Waals surface area contributed by atoms with E-state index in [0.717, 1.165) is 11.8 Å². The van der Waals surface area contributed by atoms with E-state index >= 15 is 0 Å². The normalized spacial score (nSPS) is 16.4. The molecule has 2 amide bonds. The van der Waals surface area contributed by atoms with Crippen molar-refractivity contribution in [2.24, 2.45) is 0 Å². The summed E-state index contributed by atoms with van der Waals surface area (Å²) in [7, 11) is 0. The van der Waals surface area contributed by atoms with Gasteiger partial charge in [0.15, 0.2) is 0 Å². The molecule has 6 nitrogen and oxygen atoms in total. The highest BCUT2D eigenvalue weighted by molar-refractivity contribution is 8.14. The number of rotatable bonds is 3. The van der Waals surface area contributed by atoms with E-state index in [-0.39, 0.29) is 16.9 Å². The van der Waals surface area contributed by atoms with E-state index < -0.39 is 0 Å². The van der Waals surface area contributed by atoms with E-state index in [1.165, 1.54) is 11.1 Å². The van der Waals surface area contributed by atoms with Gasteiger partial charge in [-0.25, -0.2) is 0 Å². The van der Waals surface area contributed by atoms with Crippen LogP contribution in [0.2, 0.25) is 0 Å². The van der Waals surface area contributed by atoms with Crippen molar-refractivity contribution in [3.8, 4) is 0 Å². The number of thioether (sulfide) groups is 1. The molecule has 1 fully saturated rings. The molecule has 2 rings (SSSR count). The van der Waals surface area contributed by atoms with Gasteiger partial charge in [-0.15, -0.1) is 0 Å². The molecule has 1 saturated heterocycles. The molecule has 0 spiro atoms. The first-order valence-corrected chi connectivity index (χ1v) is 5.40. The SMILES string of the molecule is Nc1cnn(CCN2C(=O)CSC2=O)c1. The number of aromatic nitrogens is 2. The molecule has 2 N–H and O–H groups in total. The molecule has 15 heavy (non-hydrogen) atoms. The second-order valence-electron chi connectivity index (χ2n) is 3.14. The van der Waals surface area contributed by atoms with E-state index in [4.69, 9.17) is 5.73 Å². The Morgan fingerprint density at radius 1 is 1.47 bits per heavy atom. The average Bonchev–Trinajstić information content (AvgIpc) is 2.73. The van der Waals surface area contributed by atoms with Gasteiger partial charge in [0.1, 0.15) is 0 Å². The summed E-state index contributed by atoms with van der Waals surface area (Å²) in [5, 5.41) is 3.78. The van der Waals surface area contributed by atoms with Gasteiger partial charge in [0.05, 0.1) is 24.2 Å². The molecule has 7 heteroatoms. The number of anilines is 1. The van der Waals surface area contributed by atoms with Crippen LogP contribution in [0.25, 0.3) is 0 Å². The number of nitrogen functional groups attached to an aromatic ring is 1. The van der Waals surface area contributed by atoms with Gasteiger partial charge >= 0.3 is 0 Å². The number of carbonyl (C=O) groups is 2. The third-order valence-electron chi connectivity index (χ3n) is 2.05. The highest BCUT2D eigenvalue weighted by atomic mass is 32.2. The molecule has 0 radical (unpaired) electrons. The Kier molecular flexibility index (Phi) is 2.63. The minimum absolute atomic E-state index is 0.134. The van der Waals surface area contributed by atoms with Crippen LogP contribution in [-0.2, 0) is 11.3 Å². The van der Waals surface area contributed by atoms with Crippen molar-refractivity contribution >= 4 is 28.6 Å². The first-order valence-electron chi connectivity index (χ1n) is 4.42. The van der Waals surface area contributed by atoms with Gasteiger partial charge in [-0.05, 0) is 0 Å². The summed E-state index contributed by atoms with van der Waals surface area (Å²) in [6.45, 7) is 0.834. The topological polar surface area (TPSA) is 81.2 Å². The Morgan fingerprint density at radius 3 is 2.80 bits per heavy atom. The van der Waals surface area contributed by atoms with Crippen LogP contribution < -0.4 is 5.73 Å². The first kappa shape index (κ1) is 10.0. The highest BCUT2D eigenvalue weighted by Crippen LogP contribution is 2.18. The van der Waals surface area contributed by atoms with Crippen LogP contribution in [-0.4, -0.2) is 38.1 Å². The van der Waals surface area contributed by atoms with E-state index in [9.17, 15) is 9.59 Å². The molecular formula is C8H10N4O2S. The molecule has 0 bridgehead atoms. The Balaban J connectivity index is 1.93. The van der Waals surface area contributed by atoms with Crippen molar-refractivity contribution in [1.29, 1.82) is 0 Å². The van der Waals surface area contributed by atoms with Crippen molar-refractivity contribution in [2.45, 2.75) is 6.54 Å². The van der Waals surface area contributed by atoms with Crippen molar-refractivity contribution in [3.63, 3.8) is 0 Å². The van der Waals surface area contributed by atoms with Crippen LogP contribution in [0.3, 0.4) is 0 Å². The number of carbonyl (C=O) groups excluding carboxylic acids is 2. The van der Waals surface area contributed by atoms with Gasteiger partial charge in [-0.1, -0.05) is 11.8 Å². The maximum absolute atomic E-state index is 11.2. The molecule has 0 saturated carbocycles. The zero-order valence-corrected chi connectivity index (χ0v) is 8.74. The molecule has 0 unspecified atom stereocenters. The van der Waals surface area contributed by atoms with Gasteiger partial charge in [0.2, 0.25) is 5.91 Å². The molecule has 0 atom stereocenters. The average molecular weight is 226 g/mol. The van der Waals surface area contributed by atoms with E-state index in [1.54, 1.807) is 10.9 Å². The van der Waals surface area contributed by atoms with E-state index in [2.05, 4.69) is 5.10 Å². The summed E-state index contributed by atoms with van der Waals surface area (Å²) in [4.78, 5) is 23.7. The summed E-state index contributed by atoms with van der Waals surface area (Å²) in [6, 6.07) is 0. The summed E-state index contributed by atoms with van der Waals surface area (Å²) in [6.07, 6.45) is 3.19. The lowest BCUT2D eigenvalue weighted by molar-refractivity contribution is -0.124. The van der Waals surface area contributed by atoms with Gasteiger partial charge in [-0.2, -0.15) is 5.10 Å². The predicted octanol–water partition coefficient (Wildman–Crippen LogP) is 0.161. The summed E-state index contributed by atoms with van der Waals surface area (Å²) < 4.78 is 1.61. The van der Waals surface area contributed by atoms with Gasteiger partial charge in [0.25, 0.3) is 5.24 Å². The summed E-state index contributed by atoms with van der Waals surface area (Å²) in [5.41, 5.74) is 6.05. The van der Waals surface area contributed by atoms with Gasteiger partial charge < -0.3 is 5.73 Å². The van der Waals surface area contributed by atoms with Crippen LogP contribution in [0, 0.1) is 0 Å². The molecule has 0 aliphatic carbocycles. The van der Waals surface area contributed by atoms with Crippen molar-refractivity contribution in [3.05, 3.63) is 12.4 Å². The highest BCUT2D eigenvalue weighted by Gasteiger charge is 2.29.